The molecule has 0 atom stereocenters. The summed E-state index contributed by atoms with van der Waals surface area (Å²) < 4.78 is 26.6. The van der Waals surface area contributed by atoms with E-state index in [1.165, 1.54) is 0 Å². The molecule has 0 unspecified atom stereocenters. The number of aromatic amines is 1. The number of nitrogen functional groups attached to an aromatic ring is 1. The van der Waals surface area contributed by atoms with Crippen molar-refractivity contribution in [3.63, 3.8) is 0 Å². The van der Waals surface area contributed by atoms with E-state index < -0.39 is 24.3 Å². The molecule has 3 aromatic rings. The Morgan fingerprint density at radius 3 is 2.41 bits per heavy atom. The Hall–Kier alpha value is -2.78. The van der Waals surface area contributed by atoms with E-state index in [4.69, 9.17) is 15.0 Å². The van der Waals surface area contributed by atoms with Crippen molar-refractivity contribution in [3.05, 3.63) is 46.4 Å². The van der Waals surface area contributed by atoms with Gasteiger partial charge < -0.3 is 20.0 Å². The topological polar surface area (TPSA) is 103 Å². The van der Waals surface area contributed by atoms with Crippen LogP contribution in [0, 0.1) is 12.9 Å². The zero-order valence-electron chi connectivity index (χ0n) is 17.0. The third kappa shape index (κ3) is 3.20. The highest BCUT2D eigenvalue weighted by Crippen LogP contribution is 2.37. The Bertz CT molecular complexity index is 1180. The second kappa shape index (κ2) is 6.37. The molecular weight excluding hydrogens is 374 g/mol. The van der Waals surface area contributed by atoms with Gasteiger partial charge in [0.15, 0.2) is 0 Å². The van der Waals surface area contributed by atoms with Crippen LogP contribution in [0.15, 0.2) is 29.1 Å². The summed E-state index contributed by atoms with van der Waals surface area (Å²) in [6.07, 6.45) is 0. The minimum atomic E-state index is -0.907. The fourth-order valence-electron chi connectivity index (χ4n) is 3.31. The van der Waals surface area contributed by atoms with Crippen LogP contribution in [0.4, 0.5) is 10.2 Å². The van der Waals surface area contributed by atoms with Gasteiger partial charge in [-0.1, -0.05) is 6.07 Å². The van der Waals surface area contributed by atoms with Crippen molar-refractivity contribution >= 4 is 29.3 Å². The number of aromatic nitrogens is 3. The predicted molar refractivity (Wildman–Crippen MR) is 110 cm³/mol. The number of benzene rings is 1. The highest BCUT2D eigenvalue weighted by molar-refractivity contribution is 6.62. The summed E-state index contributed by atoms with van der Waals surface area (Å²) in [6.45, 7) is 9.28. The number of halogens is 1. The van der Waals surface area contributed by atoms with Gasteiger partial charge in [0.25, 0.3) is 5.56 Å². The van der Waals surface area contributed by atoms with E-state index in [0.717, 1.165) is 0 Å². The van der Waals surface area contributed by atoms with Crippen molar-refractivity contribution in [2.45, 2.75) is 45.8 Å². The smallest absolute Gasteiger partial charge is 0.399 e. The third-order valence-corrected chi connectivity index (χ3v) is 5.68. The number of nitrogens with zero attached hydrogens (tertiary/aromatic N) is 2. The number of aryl methyl sites for hydroxylation is 1. The molecule has 0 saturated carbocycles. The zero-order valence-corrected chi connectivity index (χ0v) is 17.0. The number of fused-ring (bicyclic) bond motifs is 1. The SMILES string of the molecule is Cc1nc2cc(-c3cc(B4OC(C)(C)C(C)(C)O4)c(F)nc3N)ccc2c(=O)[nH]1. The first-order valence-electron chi connectivity index (χ1n) is 9.31. The molecule has 9 heteroatoms. The lowest BCUT2D eigenvalue weighted by Crippen LogP contribution is -2.41. The van der Waals surface area contributed by atoms with Crippen LogP contribution in [0.25, 0.3) is 22.0 Å². The van der Waals surface area contributed by atoms with Gasteiger partial charge in [-0.05, 0) is 58.4 Å². The van der Waals surface area contributed by atoms with E-state index in [0.29, 0.717) is 27.9 Å². The fourth-order valence-corrected chi connectivity index (χ4v) is 3.31. The monoisotopic (exact) mass is 396 g/mol. The first kappa shape index (κ1) is 19.5. The lowest BCUT2D eigenvalue weighted by Gasteiger charge is -2.32. The van der Waals surface area contributed by atoms with Gasteiger partial charge in [0, 0.05) is 11.0 Å². The van der Waals surface area contributed by atoms with Crippen LogP contribution in [-0.2, 0) is 9.31 Å². The number of nitrogens with two attached hydrogens (primary N) is 1. The van der Waals surface area contributed by atoms with Crippen LogP contribution in [0.5, 0.6) is 0 Å². The summed E-state index contributed by atoms with van der Waals surface area (Å²) in [7, 11) is -0.907. The molecule has 1 aliphatic heterocycles. The van der Waals surface area contributed by atoms with E-state index in [2.05, 4.69) is 15.0 Å². The summed E-state index contributed by atoms with van der Waals surface area (Å²) in [4.78, 5) is 23.0. The van der Waals surface area contributed by atoms with Crippen molar-refractivity contribution in [2.75, 3.05) is 5.73 Å². The average molecular weight is 396 g/mol. The van der Waals surface area contributed by atoms with Crippen LogP contribution in [-0.4, -0.2) is 33.3 Å². The summed E-state index contributed by atoms with van der Waals surface area (Å²) in [5.74, 6) is -0.206. The van der Waals surface area contributed by atoms with Gasteiger partial charge in [-0.2, -0.15) is 4.39 Å². The number of hydrogen-bond donors (Lipinski definition) is 2. The number of anilines is 1. The molecule has 1 saturated heterocycles. The van der Waals surface area contributed by atoms with Crippen molar-refractivity contribution in [3.8, 4) is 11.1 Å². The molecule has 4 rings (SSSR count). The summed E-state index contributed by atoms with van der Waals surface area (Å²) >= 11 is 0. The largest absolute Gasteiger partial charge is 0.499 e. The standard InChI is InChI=1S/C20H22BFN4O3/c1-10-24-15-8-11(6-7-12(15)18(27)25-10)13-9-14(16(22)26-17(13)23)21-28-19(2,3)20(4,5)29-21/h6-9H,1-5H3,(H2,23,26)(H,24,25,27). The second-order valence-electron chi connectivity index (χ2n) is 8.27. The van der Waals surface area contributed by atoms with Crippen LogP contribution in [0.2, 0.25) is 0 Å². The summed E-state index contributed by atoms with van der Waals surface area (Å²) in [6, 6.07) is 6.71. The second-order valence-corrected chi connectivity index (χ2v) is 8.27. The maximum atomic E-state index is 14.7. The molecule has 3 N–H and O–H groups in total. The van der Waals surface area contributed by atoms with E-state index in [1.807, 2.05) is 27.7 Å². The average Bonchev–Trinajstić information content (AvgIpc) is 2.81. The Morgan fingerprint density at radius 1 is 1.10 bits per heavy atom. The van der Waals surface area contributed by atoms with Crippen molar-refractivity contribution in [1.82, 2.24) is 15.0 Å². The Kier molecular flexibility index (Phi) is 4.29. The zero-order chi connectivity index (χ0) is 21.1. The molecule has 0 spiro atoms. The Labute approximate surface area is 167 Å². The van der Waals surface area contributed by atoms with Crippen molar-refractivity contribution in [2.24, 2.45) is 0 Å². The molecule has 29 heavy (non-hydrogen) atoms. The van der Waals surface area contributed by atoms with Gasteiger partial charge in [-0.15, -0.1) is 0 Å². The number of nitrogens with one attached hydrogen (secondary N) is 1. The molecule has 0 radical (unpaired) electrons. The fraction of sp³-hybridized carbons (Fsp3) is 0.350. The number of hydrogen-bond acceptors (Lipinski definition) is 6. The molecule has 1 aliphatic rings. The van der Waals surface area contributed by atoms with Gasteiger partial charge in [0.1, 0.15) is 11.6 Å². The molecule has 150 valence electrons. The maximum Gasteiger partial charge on any atom is 0.499 e. The molecule has 0 amide bonds. The molecule has 7 nitrogen and oxygen atoms in total. The Morgan fingerprint density at radius 2 is 1.76 bits per heavy atom. The predicted octanol–water partition coefficient (Wildman–Crippen LogP) is 2.31. The lowest BCUT2D eigenvalue weighted by molar-refractivity contribution is 0.00578. The van der Waals surface area contributed by atoms with E-state index in [1.54, 1.807) is 31.2 Å². The maximum absolute atomic E-state index is 14.7. The van der Waals surface area contributed by atoms with Gasteiger partial charge in [-0.3, -0.25) is 4.79 Å². The van der Waals surface area contributed by atoms with Gasteiger partial charge in [0.05, 0.1) is 22.1 Å². The van der Waals surface area contributed by atoms with Crippen LogP contribution in [0.3, 0.4) is 0 Å². The molecule has 2 aromatic heterocycles. The number of rotatable bonds is 2. The number of H-pyrrole nitrogens is 1. The normalized spacial score (nSPS) is 17.8. The van der Waals surface area contributed by atoms with Crippen molar-refractivity contribution < 1.29 is 13.7 Å². The highest BCUT2D eigenvalue weighted by Gasteiger charge is 2.52. The van der Waals surface area contributed by atoms with Gasteiger partial charge in [-0.25, -0.2) is 9.97 Å². The lowest BCUT2D eigenvalue weighted by atomic mass is 9.78. The summed E-state index contributed by atoms with van der Waals surface area (Å²) in [5.41, 5.74) is 6.43. The molecule has 1 aromatic carbocycles. The van der Waals surface area contributed by atoms with Crippen LogP contribution >= 0.6 is 0 Å². The first-order chi connectivity index (χ1) is 13.5. The van der Waals surface area contributed by atoms with E-state index >= 15 is 0 Å². The molecule has 0 aliphatic carbocycles. The molecular formula is C20H22BFN4O3. The minimum absolute atomic E-state index is 0.0312. The third-order valence-electron chi connectivity index (χ3n) is 5.68. The minimum Gasteiger partial charge on any atom is -0.399 e. The van der Waals surface area contributed by atoms with E-state index in [9.17, 15) is 9.18 Å². The molecule has 0 bridgehead atoms. The quantitative estimate of drug-likeness (QED) is 0.509. The first-order valence-corrected chi connectivity index (χ1v) is 9.31. The van der Waals surface area contributed by atoms with Crippen LogP contribution in [0.1, 0.15) is 33.5 Å². The molecule has 3 heterocycles. The van der Waals surface area contributed by atoms with E-state index in [-0.39, 0.29) is 16.8 Å². The molecule has 1 fully saturated rings. The van der Waals surface area contributed by atoms with Crippen molar-refractivity contribution in [1.29, 1.82) is 0 Å². The Balaban J connectivity index is 1.83. The number of pyridine rings is 1. The van der Waals surface area contributed by atoms with Gasteiger partial charge >= 0.3 is 7.12 Å². The summed E-state index contributed by atoms with van der Waals surface area (Å²) in [5, 5.41) is 0.458. The highest BCUT2D eigenvalue weighted by atomic mass is 19.1. The van der Waals surface area contributed by atoms with Gasteiger partial charge in [0.2, 0.25) is 5.95 Å². The van der Waals surface area contributed by atoms with Crippen LogP contribution < -0.4 is 16.8 Å².